The number of hydrogen-bond acceptors (Lipinski definition) is 4. The number of aryl methyl sites for hydroxylation is 1. The summed E-state index contributed by atoms with van der Waals surface area (Å²) < 4.78 is 5.07. The molecule has 1 amide bonds. The third-order valence-corrected chi connectivity index (χ3v) is 4.15. The van der Waals surface area contributed by atoms with Gasteiger partial charge in [-0.1, -0.05) is 17.7 Å². The fraction of sp³-hybridized carbons (Fsp3) is 0.0556. The van der Waals surface area contributed by atoms with Crippen LogP contribution in [0.1, 0.15) is 15.9 Å². The van der Waals surface area contributed by atoms with Crippen molar-refractivity contribution in [1.29, 1.82) is 0 Å². The van der Waals surface area contributed by atoms with Gasteiger partial charge in [0.2, 0.25) is 0 Å². The van der Waals surface area contributed by atoms with E-state index in [0.717, 1.165) is 10.9 Å². The van der Waals surface area contributed by atoms with Gasteiger partial charge in [0, 0.05) is 27.7 Å². The average molecular weight is 373 g/mol. The Labute approximate surface area is 153 Å². The summed E-state index contributed by atoms with van der Waals surface area (Å²) in [5, 5.41) is 6.93. The predicted molar refractivity (Wildman–Crippen MR) is 102 cm³/mol. The molecule has 0 fully saturated rings. The Morgan fingerprint density at radius 1 is 1.12 bits per heavy atom. The summed E-state index contributed by atoms with van der Waals surface area (Å²) in [6, 6.07) is 13.2. The summed E-state index contributed by atoms with van der Waals surface area (Å²) in [6.07, 6.45) is 0. The predicted octanol–water partition coefficient (Wildman–Crippen LogP) is 3.88. The van der Waals surface area contributed by atoms with Crippen molar-refractivity contribution in [2.24, 2.45) is 0 Å². The Morgan fingerprint density at radius 3 is 2.68 bits per heavy atom. The van der Waals surface area contributed by atoms with E-state index >= 15 is 0 Å². The Hall–Kier alpha value is -2.70. The molecule has 0 aliphatic heterocycles. The highest BCUT2D eigenvalue weighted by Gasteiger charge is 2.10. The molecule has 0 aliphatic carbocycles. The number of halogens is 1. The van der Waals surface area contributed by atoms with E-state index in [2.05, 4.69) is 10.6 Å². The highest BCUT2D eigenvalue weighted by Crippen LogP contribution is 2.18. The van der Waals surface area contributed by atoms with Crippen molar-refractivity contribution in [2.75, 3.05) is 5.32 Å². The summed E-state index contributed by atoms with van der Waals surface area (Å²) in [5.41, 5.74) is 2.03. The smallest absolute Gasteiger partial charge is 0.336 e. The molecule has 7 heteroatoms. The molecule has 2 N–H and O–H groups in total. The number of amides is 1. The largest absolute Gasteiger partial charge is 0.423 e. The van der Waals surface area contributed by atoms with Crippen molar-refractivity contribution >= 4 is 51.5 Å². The van der Waals surface area contributed by atoms with E-state index in [1.807, 2.05) is 6.92 Å². The second-order valence-corrected chi connectivity index (χ2v) is 6.19. The summed E-state index contributed by atoms with van der Waals surface area (Å²) in [5.74, 6) is -0.355. The molecule has 3 rings (SSSR count). The van der Waals surface area contributed by atoms with Crippen LogP contribution in [0.3, 0.4) is 0 Å². The minimum atomic E-state index is -0.409. The van der Waals surface area contributed by atoms with Crippen LogP contribution in [-0.2, 0) is 0 Å². The van der Waals surface area contributed by atoms with Crippen molar-refractivity contribution in [3.05, 3.63) is 75.1 Å². The zero-order valence-corrected chi connectivity index (χ0v) is 14.7. The number of thiocarbonyl (C=S) groups is 1. The Balaban J connectivity index is 1.71. The molecule has 5 nitrogen and oxygen atoms in total. The zero-order valence-electron chi connectivity index (χ0n) is 13.1. The number of benzene rings is 2. The van der Waals surface area contributed by atoms with Crippen LogP contribution < -0.4 is 16.3 Å². The number of fused-ring (bicyclic) bond motifs is 1. The monoisotopic (exact) mass is 372 g/mol. The third-order valence-electron chi connectivity index (χ3n) is 3.54. The lowest BCUT2D eigenvalue weighted by atomic mass is 10.1. The number of carbonyl (C=O) groups is 1. The molecule has 0 atom stereocenters. The molecule has 0 radical (unpaired) electrons. The molecule has 3 aromatic rings. The third kappa shape index (κ3) is 4.04. The van der Waals surface area contributed by atoms with Gasteiger partial charge < -0.3 is 9.73 Å². The van der Waals surface area contributed by atoms with Gasteiger partial charge in [0.15, 0.2) is 5.11 Å². The van der Waals surface area contributed by atoms with Crippen LogP contribution in [0.15, 0.2) is 57.7 Å². The van der Waals surface area contributed by atoms with Gasteiger partial charge in [0.25, 0.3) is 5.91 Å². The summed E-state index contributed by atoms with van der Waals surface area (Å²) in [7, 11) is 0. The molecule has 1 heterocycles. The van der Waals surface area contributed by atoms with Gasteiger partial charge in [0.1, 0.15) is 5.58 Å². The Morgan fingerprint density at radius 2 is 1.92 bits per heavy atom. The molecule has 25 heavy (non-hydrogen) atoms. The fourth-order valence-electron chi connectivity index (χ4n) is 2.22. The van der Waals surface area contributed by atoms with Gasteiger partial charge in [-0.2, -0.15) is 0 Å². The molecule has 0 saturated carbocycles. The number of anilines is 1. The molecular formula is C18H13ClN2O3S. The molecule has 1 aromatic heterocycles. The Bertz CT molecular complexity index is 1050. The topological polar surface area (TPSA) is 71.3 Å². The number of carbonyl (C=O) groups excluding carboxylic acids is 1. The first-order chi connectivity index (χ1) is 11.9. The standard InChI is InChI=1S/C18H13ClN2O3S/c1-10-2-3-12(9-14(10)19)17(23)21-18(25)20-13-5-6-15-11(8-13)4-7-16(22)24-15/h2-9H,1H3,(H2,20,21,23,25). The van der Waals surface area contributed by atoms with Crippen molar-refractivity contribution in [3.63, 3.8) is 0 Å². The quantitative estimate of drug-likeness (QED) is 0.527. The molecule has 2 aromatic carbocycles. The first-order valence-electron chi connectivity index (χ1n) is 7.35. The first kappa shape index (κ1) is 17.1. The van der Waals surface area contributed by atoms with Crippen LogP contribution in [0.2, 0.25) is 5.02 Å². The van der Waals surface area contributed by atoms with Crippen LogP contribution in [0.4, 0.5) is 5.69 Å². The van der Waals surface area contributed by atoms with Crippen molar-refractivity contribution in [1.82, 2.24) is 5.32 Å². The Kier molecular flexibility index (Phi) is 4.83. The van der Waals surface area contributed by atoms with Crippen LogP contribution in [0.25, 0.3) is 11.0 Å². The van der Waals surface area contributed by atoms with Crippen LogP contribution in [0, 0.1) is 6.92 Å². The van der Waals surface area contributed by atoms with Crippen molar-refractivity contribution in [3.8, 4) is 0 Å². The van der Waals surface area contributed by atoms with Crippen LogP contribution in [-0.4, -0.2) is 11.0 Å². The lowest BCUT2D eigenvalue weighted by Gasteiger charge is -2.10. The summed E-state index contributed by atoms with van der Waals surface area (Å²) in [4.78, 5) is 23.4. The van der Waals surface area contributed by atoms with E-state index < -0.39 is 5.63 Å². The molecular weight excluding hydrogens is 360 g/mol. The molecule has 0 bridgehead atoms. The second-order valence-electron chi connectivity index (χ2n) is 5.38. The highest BCUT2D eigenvalue weighted by atomic mass is 35.5. The van der Waals surface area contributed by atoms with Crippen molar-refractivity contribution in [2.45, 2.75) is 6.92 Å². The molecule has 126 valence electrons. The molecule has 0 unspecified atom stereocenters. The van der Waals surface area contributed by atoms with E-state index in [9.17, 15) is 9.59 Å². The molecule has 0 aliphatic rings. The maximum Gasteiger partial charge on any atom is 0.336 e. The van der Waals surface area contributed by atoms with E-state index in [1.165, 1.54) is 6.07 Å². The summed E-state index contributed by atoms with van der Waals surface area (Å²) in [6.45, 7) is 1.86. The second kappa shape index (κ2) is 7.04. The van der Waals surface area contributed by atoms with Gasteiger partial charge in [-0.25, -0.2) is 4.79 Å². The average Bonchev–Trinajstić information content (AvgIpc) is 2.57. The minimum Gasteiger partial charge on any atom is -0.423 e. The summed E-state index contributed by atoms with van der Waals surface area (Å²) >= 11 is 11.2. The van der Waals surface area contributed by atoms with E-state index in [1.54, 1.807) is 42.5 Å². The first-order valence-corrected chi connectivity index (χ1v) is 8.13. The normalized spacial score (nSPS) is 10.5. The van der Waals surface area contributed by atoms with Gasteiger partial charge >= 0.3 is 5.63 Å². The highest BCUT2D eigenvalue weighted by molar-refractivity contribution is 7.80. The SMILES string of the molecule is Cc1ccc(C(=O)NC(=S)Nc2ccc3oc(=O)ccc3c2)cc1Cl. The van der Waals surface area contributed by atoms with E-state index in [4.69, 9.17) is 28.2 Å². The van der Waals surface area contributed by atoms with Crippen LogP contribution >= 0.6 is 23.8 Å². The fourth-order valence-corrected chi connectivity index (χ4v) is 2.61. The van der Waals surface area contributed by atoms with Crippen molar-refractivity contribution < 1.29 is 9.21 Å². The van der Waals surface area contributed by atoms with Gasteiger partial charge in [-0.05, 0) is 61.1 Å². The molecule has 0 saturated heterocycles. The van der Waals surface area contributed by atoms with Gasteiger partial charge in [-0.3, -0.25) is 10.1 Å². The van der Waals surface area contributed by atoms with Gasteiger partial charge in [0.05, 0.1) is 0 Å². The van der Waals surface area contributed by atoms with Gasteiger partial charge in [-0.15, -0.1) is 0 Å². The number of nitrogens with one attached hydrogen (secondary N) is 2. The van der Waals surface area contributed by atoms with E-state index in [0.29, 0.717) is 21.9 Å². The maximum absolute atomic E-state index is 12.2. The zero-order chi connectivity index (χ0) is 18.0. The number of rotatable bonds is 2. The lowest BCUT2D eigenvalue weighted by Crippen LogP contribution is -2.34. The maximum atomic E-state index is 12.2. The lowest BCUT2D eigenvalue weighted by molar-refractivity contribution is 0.0977. The molecule has 0 spiro atoms. The van der Waals surface area contributed by atoms with E-state index in [-0.39, 0.29) is 11.0 Å². The van der Waals surface area contributed by atoms with Crippen LogP contribution in [0.5, 0.6) is 0 Å². The number of hydrogen-bond donors (Lipinski definition) is 2. The minimum absolute atomic E-state index is 0.151.